The highest BCUT2D eigenvalue weighted by molar-refractivity contribution is 9.10. The van der Waals surface area contributed by atoms with E-state index in [1.807, 2.05) is 0 Å². The van der Waals surface area contributed by atoms with Crippen molar-refractivity contribution >= 4 is 21.8 Å². The molecule has 15 heavy (non-hydrogen) atoms. The number of halogens is 4. The minimum absolute atomic E-state index is 0.0846. The molecule has 1 aromatic carbocycles. The first-order chi connectivity index (χ1) is 6.80. The maximum atomic E-state index is 12.2. The Morgan fingerprint density at radius 3 is 2.40 bits per heavy atom. The van der Waals surface area contributed by atoms with Crippen molar-refractivity contribution in [1.82, 2.24) is 0 Å². The lowest BCUT2D eigenvalue weighted by Gasteiger charge is -2.09. The summed E-state index contributed by atoms with van der Waals surface area (Å²) in [6.45, 7) is 0. The number of benzene rings is 1. The van der Waals surface area contributed by atoms with Gasteiger partial charge in [0.15, 0.2) is 0 Å². The lowest BCUT2D eigenvalue weighted by atomic mass is 10.1. The Morgan fingerprint density at radius 2 is 2.00 bits per heavy atom. The van der Waals surface area contributed by atoms with Gasteiger partial charge in [0.1, 0.15) is 0 Å². The van der Waals surface area contributed by atoms with Crippen molar-refractivity contribution in [2.45, 2.75) is 12.6 Å². The van der Waals surface area contributed by atoms with Crippen molar-refractivity contribution < 1.29 is 18.0 Å². The molecule has 0 saturated carbocycles. The second-order valence-corrected chi connectivity index (χ2v) is 3.80. The fourth-order valence-corrected chi connectivity index (χ4v) is 1.57. The van der Waals surface area contributed by atoms with Gasteiger partial charge in [0.2, 0.25) is 5.91 Å². The van der Waals surface area contributed by atoms with Crippen molar-refractivity contribution in [2.75, 3.05) is 0 Å². The Bertz CT molecular complexity index is 389. The number of rotatable bonds is 2. The van der Waals surface area contributed by atoms with Gasteiger partial charge < -0.3 is 5.73 Å². The Hall–Kier alpha value is -1.04. The average Bonchev–Trinajstić information content (AvgIpc) is 2.05. The van der Waals surface area contributed by atoms with Gasteiger partial charge in [-0.25, -0.2) is 0 Å². The fourth-order valence-electron chi connectivity index (χ4n) is 1.05. The molecular formula is C9H7BrF3NO. The second kappa shape index (κ2) is 4.22. The number of carbonyl (C=O) groups excluding carboxylic acids is 1. The highest BCUT2D eigenvalue weighted by Crippen LogP contribution is 2.32. The van der Waals surface area contributed by atoms with Gasteiger partial charge >= 0.3 is 6.18 Å². The molecule has 0 unspecified atom stereocenters. The number of amides is 1. The minimum Gasteiger partial charge on any atom is -0.369 e. The van der Waals surface area contributed by atoms with Gasteiger partial charge in [-0.2, -0.15) is 13.2 Å². The third-order valence-corrected chi connectivity index (χ3v) is 2.48. The van der Waals surface area contributed by atoms with E-state index in [4.69, 9.17) is 5.73 Å². The van der Waals surface area contributed by atoms with Crippen LogP contribution in [0.3, 0.4) is 0 Å². The molecular weight excluding hydrogens is 275 g/mol. The highest BCUT2D eigenvalue weighted by atomic mass is 79.9. The molecule has 0 atom stereocenters. The number of nitrogens with two attached hydrogens (primary N) is 1. The van der Waals surface area contributed by atoms with Gasteiger partial charge in [-0.1, -0.05) is 22.0 Å². The van der Waals surface area contributed by atoms with Crippen LogP contribution in [0.2, 0.25) is 0 Å². The molecule has 82 valence electrons. The number of alkyl halides is 3. The van der Waals surface area contributed by atoms with Crippen LogP contribution in [-0.2, 0) is 17.4 Å². The van der Waals surface area contributed by atoms with Gasteiger partial charge in [0.25, 0.3) is 0 Å². The molecule has 0 aliphatic rings. The van der Waals surface area contributed by atoms with Crippen LogP contribution in [0.15, 0.2) is 22.7 Å². The Morgan fingerprint density at radius 1 is 1.40 bits per heavy atom. The molecule has 0 aliphatic heterocycles. The number of hydrogen-bond donors (Lipinski definition) is 1. The first kappa shape index (κ1) is 12.0. The zero-order valence-electron chi connectivity index (χ0n) is 7.44. The quantitative estimate of drug-likeness (QED) is 0.889. The summed E-state index contributed by atoms with van der Waals surface area (Å²) in [6.07, 6.45) is -4.47. The topological polar surface area (TPSA) is 43.1 Å². The summed E-state index contributed by atoms with van der Waals surface area (Å²) in [5.41, 5.74) is 4.61. The van der Waals surface area contributed by atoms with Crippen LogP contribution in [0.5, 0.6) is 0 Å². The first-order valence-corrected chi connectivity index (χ1v) is 4.74. The predicted octanol–water partition coefficient (Wildman–Crippen LogP) is 2.50. The van der Waals surface area contributed by atoms with Crippen LogP contribution >= 0.6 is 15.9 Å². The smallest absolute Gasteiger partial charge is 0.369 e. The lowest BCUT2D eigenvalue weighted by Crippen LogP contribution is -2.14. The lowest BCUT2D eigenvalue weighted by molar-refractivity contribution is -0.137. The van der Waals surface area contributed by atoms with Gasteiger partial charge in [-0.3, -0.25) is 4.79 Å². The van der Waals surface area contributed by atoms with E-state index in [0.29, 0.717) is 5.56 Å². The molecule has 6 heteroatoms. The largest absolute Gasteiger partial charge is 0.416 e. The molecule has 0 aromatic heterocycles. The average molecular weight is 282 g/mol. The van der Waals surface area contributed by atoms with Crippen molar-refractivity contribution in [3.63, 3.8) is 0 Å². The summed E-state index contributed by atoms with van der Waals surface area (Å²) in [5.74, 6) is -0.588. The summed E-state index contributed by atoms with van der Waals surface area (Å²) >= 11 is 2.96. The van der Waals surface area contributed by atoms with E-state index in [0.717, 1.165) is 12.1 Å². The zero-order chi connectivity index (χ0) is 11.6. The highest BCUT2D eigenvalue weighted by Gasteiger charge is 2.30. The van der Waals surface area contributed by atoms with Crippen molar-refractivity contribution in [3.05, 3.63) is 33.8 Å². The molecule has 0 spiro atoms. The monoisotopic (exact) mass is 281 g/mol. The van der Waals surface area contributed by atoms with Gasteiger partial charge in [0, 0.05) is 4.47 Å². The summed E-state index contributed by atoms with van der Waals surface area (Å²) in [5, 5.41) is 0. The summed E-state index contributed by atoms with van der Waals surface area (Å²) in [6, 6.07) is 3.08. The van der Waals surface area contributed by atoms with Crippen LogP contribution < -0.4 is 5.73 Å². The van der Waals surface area contributed by atoms with E-state index in [1.165, 1.54) is 6.07 Å². The number of carbonyl (C=O) groups is 1. The standard InChI is InChI=1S/C9H7BrF3NO/c10-7-4-6(9(11,12)13)2-1-5(7)3-8(14)15/h1-2,4H,3H2,(H2,14,15). The number of hydrogen-bond acceptors (Lipinski definition) is 1. The van der Waals surface area contributed by atoms with Gasteiger partial charge in [-0.15, -0.1) is 0 Å². The van der Waals surface area contributed by atoms with E-state index in [-0.39, 0.29) is 10.9 Å². The zero-order valence-corrected chi connectivity index (χ0v) is 9.02. The van der Waals surface area contributed by atoms with Crippen LogP contribution in [0.4, 0.5) is 13.2 Å². The van der Waals surface area contributed by atoms with E-state index in [2.05, 4.69) is 15.9 Å². The third-order valence-electron chi connectivity index (χ3n) is 1.75. The summed E-state index contributed by atoms with van der Waals surface area (Å²) in [7, 11) is 0. The first-order valence-electron chi connectivity index (χ1n) is 3.94. The molecule has 1 amide bonds. The van der Waals surface area contributed by atoms with Gasteiger partial charge in [0.05, 0.1) is 12.0 Å². The molecule has 0 aliphatic carbocycles. The van der Waals surface area contributed by atoms with Crippen molar-refractivity contribution in [3.8, 4) is 0 Å². The molecule has 0 saturated heterocycles. The van der Waals surface area contributed by atoms with Crippen LogP contribution in [0.1, 0.15) is 11.1 Å². The molecule has 0 bridgehead atoms. The minimum atomic E-state index is -4.38. The molecule has 0 heterocycles. The molecule has 0 radical (unpaired) electrons. The van der Waals surface area contributed by atoms with Gasteiger partial charge in [-0.05, 0) is 17.7 Å². The summed E-state index contributed by atoms with van der Waals surface area (Å²) in [4.78, 5) is 10.6. The van der Waals surface area contributed by atoms with Crippen LogP contribution in [0, 0.1) is 0 Å². The fraction of sp³-hybridized carbons (Fsp3) is 0.222. The van der Waals surface area contributed by atoms with Crippen LogP contribution in [-0.4, -0.2) is 5.91 Å². The molecule has 2 nitrogen and oxygen atoms in total. The van der Waals surface area contributed by atoms with Crippen molar-refractivity contribution in [1.29, 1.82) is 0 Å². The normalized spacial score (nSPS) is 11.5. The van der Waals surface area contributed by atoms with Crippen LogP contribution in [0.25, 0.3) is 0 Å². The molecule has 0 fully saturated rings. The Labute approximate surface area is 92.4 Å². The van der Waals surface area contributed by atoms with E-state index in [1.54, 1.807) is 0 Å². The second-order valence-electron chi connectivity index (χ2n) is 2.95. The van der Waals surface area contributed by atoms with E-state index in [9.17, 15) is 18.0 Å². The molecule has 1 rings (SSSR count). The maximum Gasteiger partial charge on any atom is 0.416 e. The SMILES string of the molecule is NC(=O)Cc1ccc(C(F)(F)F)cc1Br. The molecule has 2 N–H and O–H groups in total. The third kappa shape index (κ3) is 3.23. The predicted molar refractivity (Wildman–Crippen MR) is 52.0 cm³/mol. The number of primary amides is 1. The summed E-state index contributed by atoms with van der Waals surface area (Å²) < 4.78 is 37.0. The van der Waals surface area contributed by atoms with Crippen molar-refractivity contribution in [2.24, 2.45) is 5.73 Å². The Balaban J connectivity index is 3.03. The maximum absolute atomic E-state index is 12.2. The Kier molecular flexibility index (Phi) is 3.38. The van der Waals surface area contributed by atoms with E-state index >= 15 is 0 Å². The van der Waals surface area contributed by atoms with E-state index < -0.39 is 17.6 Å². The molecule has 1 aromatic rings.